The standard InChI is InChI=1S/C24H24ClNO4/c1-15(24(28)26(2)14-16-6-5-7-16)29-17-10-11-19-20(13-23(27)30-22(19)12-17)18-8-3-4-9-21(18)25/h3-4,8-13,15-16H,5-7,14H2,1-2H3/t15-/m1/s1. The van der Waals surface area contributed by atoms with Crippen LogP contribution in [0.3, 0.4) is 0 Å². The smallest absolute Gasteiger partial charge is 0.336 e. The fraction of sp³-hybridized carbons (Fsp3) is 0.333. The van der Waals surface area contributed by atoms with Gasteiger partial charge in [-0.25, -0.2) is 4.79 Å². The molecular formula is C24H24ClNO4. The van der Waals surface area contributed by atoms with Crippen LogP contribution in [0.4, 0.5) is 0 Å². The SMILES string of the molecule is C[C@@H](Oc1ccc2c(-c3ccccc3Cl)cc(=O)oc2c1)C(=O)N(C)CC1CCC1. The average Bonchev–Trinajstić information content (AvgIpc) is 2.69. The minimum Gasteiger partial charge on any atom is -0.481 e. The molecule has 0 bridgehead atoms. The summed E-state index contributed by atoms with van der Waals surface area (Å²) in [7, 11) is 1.82. The van der Waals surface area contributed by atoms with E-state index in [9.17, 15) is 9.59 Å². The van der Waals surface area contributed by atoms with Gasteiger partial charge in [-0.15, -0.1) is 0 Å². The van der Waals surface area contributed by atoms with E-state index in [1.165, 1.54) is 25.3 Å². The Kier molecular flexibility index (Phi) is 5.82. The highest BCUT2D eigenvalue weighted by Gasteiger charge is 2.25. The van der Waals surface area contributed by atoms with Gasteiger partial charge in [0.15, 0.2) is 6.10 Å². The van der Waals surface area contributed by atoms with Gasteiger partial charge in [0.25, 0.3) is 5.91 Å². The van der Waals surface area contributed by atoms with Crippen LogP contribution in [0.1, 0.15) is 26.2 Å². The van der Waals surface area contributed by atoms with Gasteiger partial charge in [0.05, 0.1) is 0 Å². The van der Waals surface area contributed by atoms with Gasteiger partial charge in [0, 0.05) is 47.3 Å². The number of benzene rings is 2. The second kappa shape index (κ2) is 8.52. The highest BCUT2D eigenvalue weighted by atomic mass is 35.5. The van der Waals surface area contributed by atoms with Crippen LogP contribution in [0, 0.1) is 5.92 Å². The predicted molar refractivity (Wildman–Crippen MR) is 118 cm³/mol. The molecule has 1 amide bonds. The molecule has 5 nitrogen and oxygen atoms in total. The van der Waals surface area contributed by atoms with Crippen LogP contribution in [0.2, 0.25) is 5.02 Å². The van der Waals surface area contributed by atoms with Crippen molar-refractivity contribution >= 4 is 28.5 Å². The van der Waals surface area contributed by atoms with E-state index in [2.05, 4.69) is 0 Å². The highest BCUT2D eigenvalue weighted by molar-refractivity contribution is 6.33. The summed E-state index contributed by atoms with van der Waals surface area (Å²) in [6.07, 6.45) is 2.98. The van der Waals surface area contributed by atoms with E-state index in [1.54, 1.807) is 30.0 Å². The van der Waals surface area contributed by atoms with Gasteiger partial charge >= 0.3 is 5.63 Å². The predicted octanol–water partition coefficient (Wildman–Crippen LogP) is 5.14. The van der Waals surface area contributed by atoms with Crippen molar-refractivity contribution in [2.75, 3.05) is 13.6 Å². The molecule has 30 heavy (non-hydrogen) atoms. The molecule has 0 spiro atoms. The Hall–Kier alpha value is -2.79. The van der Waals surface area contributed by atoms with Crippen LogP contribution in [0.15, 0.2) is 57.7 Å². The first-order valence-corrected chi connectivity index (χ1v) is 10.5. The maximum absolute atomic E-state index is 12.6. The molecule has 1 fully saturated rings. The Morgan fingerprint density at radius 2 is 1.97 bits per heavy atom. The lowest BCUT2D eigenvalue weighted by molar-refractivity contribution is -0.137. The molecule has 3 aromatic rings. The van der Waals surface area contributed by atoms with E-state index in [-0.39, 0.29) is 5.91 Å². The molecule has 4 rings (SSSR count). The summed E-state index contributed by atoms with van der Waals surface area (Å²) in [5, 5.41) is 1.30. The quantitative estimate of drug-likeness (QED) is 0.513. The van der Waals surface area contributed by atoms with Crippen LogP contribution >= 0.6 is 11.6 Å². The lowest BCUT2D eigenvalue weighted by Crippen LogP contribution is -2.41. The van der Waals surface area contributed by atoms with Crippen molar-refractivity contribution in [1.82, 2.24) is 4.90 Å². The molecule has 1 heterocycles. The Balaban J connectivity index is 1.58. The maximum Gasteiger partial charge on any atom is 0.336 e. The number of carbonyl (C=O) groups is 1. The number of ether oxygens (including phenoxy) is 1. The summed E-state index contributed by atoms with van der Waals surface area (Å²) in [4.78, 5) is 26.5. The lowest BCUT2D eigenvalue weighted by Gasteiger charge is -2.31. The fourth-order valence-corrected chi connectivity index (χ4v) is 4.07. The van der Waals surface area contributed by atoms with Crippen LogP contribution in [-0.2, 0) is 4.79 Å². The fourth-order valence-electron chi connectivity index (χ4n) is 3.84. The number of rotatable bonds is 6. The van der Waals surface area contributed by atoms with E-state index < -0.39 is 11.7 Å². The molecule has 6 heteroatoms. The van der Waals surface area contributed by atoms with Crippen molar-refractivity contribution in [1.29, 1.82) is 0 Å². The van der Waals surface area contributed by atoms with Crippen molar-refractivity contribution in [2.24, 2.45) is 5.92 Å². The second-order valence-corrected chi connectivity index (χ2v) is 8.30. The molecule has 1 aliphatic rings. The molecule has 156 valence electrons. The normalized spacial score (nSPS) is 14.9. The summed E-state index contributed by atoms with van der Waals surface area (Å²) in [6.45, 7) is 2.50. The van der Waals surface area contributed by atoms with Gasteiger partial charge < -0.3 is 14.1 Å². The van der Waals surface area contributed by atoms with Crippen LogP contribution in [-0.4, -0.2) is 30.5 Å². The van der Waals surface area contributed by atoms with Crippen molar-refractivity contribution in [3.8, 4) is 16.9 Å². The zero-order valence-corrected chi connectivity index (χ0v) is 17.8. The minimum absolute atomic E-state index is 0.0618. The van der Waals surface area contributed by atoms with Gasteiger partial charge in [0.2, 0.25) is 0 Å². The molecule has 1 aromatic heterocycles. The number of halogens is 1. The van der Waals surface area contributed by atoms with E-state index in [0.29, 0.717) is 27.8 Å². The summed E-state index contributed by atoms with van der Waals surface area (Å²) in [6, 6.07) is 14.0. The van der Waals surface area contributed by atoms with Crippen molar-refractivity contribution < 1.29 is 13.9 Å². The zero-order valence-electron chi connectivity index (χ0n) is 17.1. The van der Waals surface area contributed by atoms with Crippen molar-refractivity contribution in [3.63, 3.8) is 0 Å². The van der Waals surface area contributed by atoms with Crippen molar-refractivity contribution in [2.45, 2.75) is 32.3 Å². The monoisotopic (exact) mass is 425 g/mol. The molecule has 0 radical (unpaired) electrons. The molecule has 0 N–H and O–H groups in total. The molecule has 2 aromatic carbocycles. The number of carbonyl (C=O) groups excluding carboxylic acids is 1. The van der Waals surface area contributed by atoms with Crippen LogP contribution in [0.5, 0.6) is 5.75 Å². The Morgan fingerprint density at radius 3 is 2.67 bits per heavy atom. The Morgan fingerprint density at radius 1 is 1.20 bits per heavy atom. The van der Waals surface area contributed by atoms with E-state index in [1.807, 2.05) is 31.3 Å². The highest BCUT2D eigenvalue weighted by Crippen LogP contribution is 2.34. The third-order valence-corrected chi connectivity index (χ3v) is 6.00. The number of likely N-dealkylation sites (N-methyl/N-ethyl adjacent to an activating group) is 1. The summed E-state index contributed by atoms with van der Waals surface area (Å²) in [5.74, 6) is 1.01. The molecular weight excluding hydrogens is 402 g/mol. The number of hydrogen-bond donors (Lipinski definition) is 0. The molecule has 0 aliphatic heterocycles. The van der Waals surface area contributed by atoms with Gasteiger partial charge in [-0.2, -0.15) is 0 Å². The van der Waals surface area contributed by atoms with E-state index in [4.69, 9.17) is 20.8 Å². The van der Waals surface area contributed by atoms with E-state index in [0.717, 1.165) is 17.5 Å². The largest absolute Gasteiger partial charge is 0.481 e. The summed E-state index contributed by atoms with van der Waals surface area (Å²) in [5.41, 5.74) is 1.37. The van der Waals surface area contributed by atoms with Crippen molar-refractivity contribution in [3.05, 3.63) is 64.0 Å². The Bertz CT molecular complexity index is 1140. The summed E-state index contributed by atoms with van der Waals surface area (Å²) < 4.78 is 11.3. The number of amides is 1. The first-order valence-electron chi connectivity index (χ1n) is 10.2. The Labute approximate surface area is 180 Å². The van der Waals surface area contributed by atoms with Crippen LogP contribution < -0.4 is 10.4 Å². The number of nitrogens with zero attached hydrogens (tertiary/aromatic N) is 1. The van der Waals surface area contributed by atoms with Gasteiger partial charge in [-0.3, -0.25) is 4.79 Å². The first-order chi connectivity index (χ1) is 14.4. The first kappa shape index (κ1) is 20.5. The third kappa shape index (κ3) is 4.21. The molecule has 1 saturated carbocycles. The minimum atomic E-state index is -0.633. The van der Waals surface area contributed by atoms with Crippen LogP contribution in [0.25, 0.3) is 22.1 Å². The van der Waals surface area contributed by atoms with E-state index >= 15 is 0 Å². The molecule has 1 atom stereocenters. The second-order valence-electron chi connectivity index (χ2n) is 7.89. The number of hydrogen-bond acceptors (Lipinski definition) is 4. The van der Waals surface area contributed by atoms with Gasteiger partial charge in [0.1, 0.15) is 11.3 Å². The number of fused-ring (bicyclic) bond motifs is 1. The summed E-state index contributed by atoms with van der Waals surface area (Å²) >= 11 is 6.33. The lowest BCUT2D eigenvalue weighted by atomic mass is 9.85. The molecule has 1 aliphatic carbocycles. The molecule has 0 unspecified atom stereocenters. The van der Waals surface area contributed by atoms with Gasteiger partial charge in [-0.05, 0) is 43.9 Å². The average molecular weight is 426 g/mol. The zero-order chi connectivity index (χ0) is 21.3. The molecule has 0 saturated heterocycles. The third-order valence-electron chi connectivity index (χ3n) is 5.67. The maximum atomic E-state index is 12.6. The van der Waals surface area contributed by atoms with Gasteiger partial charge in [-0.1, -0.05) is 36.2 Å². The topological polar surface area (TPSA) is 59.8 Å².